The number of fused-ring (bicyclic) bond motifs is 3. The molecule has 1 aromatic carbocycles. The standard InChI is InChI=1S/C12H12N4S/c1-3-16-9-7-5-4-6-8(9)10-11(16)13-12(17-2)15-14-10/h4-7H,3H2,1-2H3. The van der Waals surface area contributed by atoms with Crippen molar-refractivity contribution in [1.82, 2.24) is 19.7 Å². The van der Waals surface area contributed by atoms with Crippen molar-refractivity contribution >= 4 is 33.8 Å². The number of para-hydroxylation sites is 1. The first-order valence-corrected chi connectivity index (χ1v) is 6.73. The third kappa shape index (κ3) is 1.50. The molecule has 0 fully saturated rings. The minimum Gasteiger partial charge on any atom is -0.324 e. The third-order valence-corrected chi connectivity index (χ3v) is 3.39. The highest BCUT2D eigenvalue weighted by atomic mass is 32.2. The number of rotatable bonds is 2. The minimum atomic E-state index is 0.718. The summed E-state index contributed by atoms with van der Waals surface area (Å²) in [4.78, 5) is 4.55. The van der Waals surface area contributed by atoms with E-state index in [2.05, 4.69) is 38.8 Å². The fourth-order valence-electron chi connectivity index (χ4n) is 2.10. The predicted octanol–water partition coefficient (Wildman–Crippen LogP) is 2.72. The molecule has 86 valence electrons. The second-order valence-electron chi connectivity index (χ2n) is 3.73. The molecular weight excluding hydrogens is 232 g/mol. The molecule has 0 aliphatic rings. The molecule has 0 N–H and O–H groups in total. The monoisotopic (exact) mass is 244 g/mol. The van der Waals surface area contributed by atoms with E-state index in [9.17, 15) is 0 Å². The number of thioether (sulfide) groups is 1. The van der Waals surface area contributed by atoms with Crippen molar-refractivity contribution < 1.29 is 0 Å². The van der Waals surface area contributed by atoms with Crippen LogP contribution >= 0.6 is 11.8 Å². The van der Waals surface area contributed by atoms with Crippen molar-refractivity contribution in [1.29, 1.82) is 0 Å². The first-order valence-electron chi connectivity index (χ1n) is 5.50. The second kappa shape index (κ2) is 4.00. The van der Waals surface area contributed by atoms with E-state index in [0.717, 1.165) is 28.3 Å². The van der Waals surface area contributed by atoms with Crippen molar-refractivity contribution in [3.63, 3.8) is 0 Å². The van der Waals surface area contributed by atoms with Gasteiger partial charge in [-0.05, 0) is 19.2 Å². The topological polar surface area (TPSA) is 43.6 Å². The second-order valence-corrected chi connectivity index (χ2v) is 4.51. The highest BCUT2D eigenvalue weighted by molar-refractivity contribution is 7.98. The molecule has 4 nitrogen and oxygen atoms in total. The van der Waals surface area contributed by atoms with Gasteiger partial charge in [0.15, 0.2) is 5.65 Å². The molecule has 5 heteroatoms. The molecule has 0 saturated carbocycles. The Labute approximate surface area is 103 Å². The number of nitrogens with zero attached hydrogens (tertiary/aromatic N) is 4. The van der Waals surface area contributed by atoms with Gasteiger partial charge in [0, 0.05) is 11.9 Å². The third-order valence-electron chi connectivity index (χ3n) is 2.85. The van der Waals surface area contributed by atoms with Gasteiger partial charge in [0.25, 0.3) is 0 Å². The number of hydrogen-bond acceptors (Lipinski definition) is 4. The largest absolute Gasteiger partial charge is 0.324 e. The maximum Gasteiger partial charge on any atom is 0.210 e. The highest BCUT2D eigenvalue weighted by Gasteiger charge is 2.12. The van der Waals surface area contributed by atoms with Crippen LogP contribution in [0.2, 0.25) is 0 Å². The van der Waals surface area contributed by atoms with Crippen molar-refractivity contribution in [2.45, 2.75) is 18.6 Å². The number of aromatic nitrogens is 4. The van der Waals surface area contributed by atoms with Crippen LogP contribution in [-0.4, -0.2) is 26.0 Å². The lowest BCUT2D eigenvalue weighted by atomic mass is 10.2. The van der Waals surface area contributed by atoms with Gasteiger partial charge in [0.1, 0.15) is 5.52 Å². The Hall–Kier alpha value is -1.62. The predicted molar refractivity (Wildman–Crippen MR) is 70.3 cm³/mol. The van der Waals surface area contributed by atoms with E-state index in [1.54, 1.807) is 0 Å². The molecule has 0 saturated heterocycles. The van der Waals surface area contributed by atoms with Gasteiger partial charge in [0.2, 0.25) is 5.16 Å². The Balaban J connectivity index is 2.49. The van der Waals surface area contributed by atoms with Crippen molar-refractivity contribution in [2.75, 3.05) is 6.26 Å². The Kier molecular flexibility index (Phi) is 2.48. The fourth-order valence-corrected chi connectivity index (χ4v) is 2.40. The lowest BCUT2D eigenvalue weighted by Gasteiger charge is -2.01. The van der Waals surface area contributed by atoms with Crippen LogP contribution in [0.3, 0.4) is 0 Å². The minimum absolute atomic E-state index is 0.718. The molecule has 3 aromatic rings. The van der Waals surface area contributed by atoms with Crippen LogP contribution in [0.1, 0.15) is 6.92 Å². The van der Waals surface area contributed by atoms with Gasteiger partial charge >= 0.3 is 0 Å². The summed E-state index contributed by atoms with van der Waals surface area (Å²) in [6.45, 7) is 3.00. The first-order chi connectivity index (χ1) is 8.35. The summed E-state index contributed by atoms with van der Waals surface area (Å²) in [7, 11) is 0. The van der Waals surface area contributed by atoms with Crippen molar-refractivity contribution in [2.24, 2.45) is 0 Å². The van der Waals surface area contributed by atoms with Gasteiger partial charge in [-0.3, -0.25) is 0 Å². The molecule has 17 heavy (non-hydrogen) atoms. The maximum absolute atomic E-state index is 4.55. The van der Waals surface area contributed by atoms with Gasteiger partial charge in [-0.2, -0.15) is 0 Å². The van der Waals surface area contributed by atoms with Gasteiger partial charge < -0.3 is 4.57 Å². The van der Waals surface area contributed by atoms with Gasteiger partial charge in [0.05, 0.1) is 5.52 Å². The van der Waals surface area contributed by atoms with Crippen molar-refractivity contribution in [3.05, 3.63) is 24.3 Å². The molecule has 3 rings (SSSR count). The molecule has 0 spiro atoms. The maximum atomic E-state index is 4.55. The van der Waals surface area contributed by atoms with Crippen molar-refractivity contribution in [3.8, 4) is 0 Å². The Morgan fingerprint density at radius 1 is 1.24 bits per heavy atom. The lowest BCUT2D eigenvalue weighted by molar-refractivity contribution is 0.790. The summed E-state index contributed by atoms with van der Waals surface area (Å²) in [5, 5.41) is 10.2. The zero-order valence-electron chi connectivity index (χ0n) is 9.71. The summed E-state index contributed by atoms with van der Waals surface area (Å²) in [6, 6.07) is 8.22. The molecule has 0 bridgehead atoms. The van der Waals surface area contributed by atoms with Gasteiger partial charge in [-0.1, -0.05) is 30.0 Å². The SMILES string of the molecule is CCn1c2ccccc2c2nnc(SC)nc21. The van der Waals surface area contributed by atoms with Crippen LogP contribution in [-0.2, 0) is 6.54 Å². The summed E-state index contributed by atoms with van der Waals surface area (Å²) < 4.78 is 2.18. The van der Waals surface area contributed by atoms with E-state index in [1.165, 1.54) is 17.3 Å². The zero-order valence-corrected chi connectivity index (χ0v) is 10.5. The molecule has 0 atom stereocenters. The smallest absolute Gasteiger partial charge is 0.210 e. The Bertz CT molecular complexity index is 689. The van der Waals surface area contributed by atoms with E-state index in [1.807, 2.05) is 18.4 Å². The van der Waals surface area contributed by atoms with Gasteiger partial charge in [-0.25, -0.2) is 4.98 Å². The molecule has 2 heterocycles. The van der Waals surface area contributed by atoms with Gasteiger partial charge in [-0.15, -0.1) is 10.2 Å². The number of aryl methyl sites for hydroxylation is 1. The molecule has 0 amide bonds. The van der Waals surface area contributed by atoms with Crippen LogP contribution in [0.15, 0.2) is 29.4 Å². The van der Waals surface area contributed by atoms with Crippen LogP contribution in [0.4, 0.5) is 0 Å². The van der Waals surface area contributed by atoms with E-state index in [-0.39, 0.29) is 0 Å². The molecular formula is C12H12N4S. The Morgan fingerprint density at radius 2 is 2.06 bits per heavy atom. The van der Waals surface area contributed by atoms with E-state index < -0.39 is 0 Å². The molecule has 0 aliphatic carbocycles. The highest BCUT2D eigenvalue weighted by Crippen LogP contribution is 2.26. The fraction of sp³-hybridized carbons (Fsp3) is 0.250. The van der Waals surface area contributed by atoms with E-state index in [4.69, 9.17) is 0 Å². The van der Waals surface area contributed by atoms with Crippen LogP contribution < -0.4 is 0 Å². The number of hydrogen-bond donors (Lipinski definition) is 0. The molecule has 0 aliphatic heterocycles. The van der Waals surface area contributed by atoms with Crippen LogP contribution in [0.25, 0.3) is 22.1 Å². The quantitative estimate of drug-likeness (QED) is 0.650. The first kappa shape index (κ1) is 10.5. The van der Waals surface area contributed by atoms with E-state index in [0.29, 0.717) is 0 Å². The molecule has 2 aromatic heterocycles. The Morgan fingerprint density at radius 3 is 2.82 bits per heavy atom. The summed E-state index contributed by atoms with van der Waals surface area (Å²) in [5.74, 6) is 0. The number of benzene rings is 1. The van der Waals surface area contributed by atoms with E-state index >= 15 is 0 Å². The summed E-state index contributed by atoms with van der Waals surface area (Å²) in [6.07, 6.45) is 1.96. The van der Waals surface area contributed by atoms with Crippen LogP contribution in [0.5, 0.6) is 0 Å². The molecule has 0 unspecified atom stereocenters. The average molecular weight is 244 g/mol. The molecule has 0 radical (unpaired) electrons. The summed E-state index contributed by atoms with van der Waals surface area (Å²) >= 11 is 1.51. The van der Waals surface area contributed by atoms with Crippen LogP contribution in [0, 0.1) is 0 Å². The average Bonchev–Trinajstić information content (AvgIpc) is 2.71. The normalized spacial score (nSPS) is 11.4. The summed E-state index contributed by atoms with van der Waals surface area (Å²) in [5.41, 5.74) is 2.98. The zero-order chi connectivity index (χ0) is 11.8. The lowest BCUT2D eigenvalue weighted by Crippen LogP contribution is -1.98.